The molecular formula is C18H20O2. The van der Waals surface area contributed by atoms with E-state index in [-0.39, 0.29) is 12.4 Å². The average Bonchev–Trinajstić information content (AvgIpc) is 2.46. The van der Waals surface area contributed by atoms with Crippen LogP contribution in [0.15, 0.2) is 54.6 Å². The van der Waals surface area contributed by atoms with Crippen LogP contribution in [0.5, 0.6) is 5.75 Å². The van der Waals surface area contributed by atoms with E-state index >= 15 is 0 Å². The molecule has 2 nitrogen and oxygen atoms in total. The molecule has 0 aliphatic carbocycles. The molecule has 0 saturated heterocycles. The Morgan fingerprint density at radius 3 is 2.25 bits per heavy atom. The number of hydrogen-bond acceptors (Lipinski definition) is 2. The van der Waals surface area contributed by atoms with Crippen LogP contribution in [0.25, 0.3) is 0 Å². The predicted octanol–water partition coefficient (Wildman–Crippen LogP) is 4.15. The van der Waals surface area contributed by atoms with Crippen molar-refractivity contribution in [2.24, 2.45) is 5.92 Å². The number of carbonyl (C=O) groups is 1. The highest BCUT2D eigenvalue weighted by Crippen LogP contribution is 2.15. The van der Waals surface area contributed by atoms with Gasteiger partial charge in [0.05, 0.1) is 0 Å². The Hall–Kier alpha value is -2.09. The number of ketones is 1. The fourth-order valence-corrected chi connectivity index (χ4v) is 2.05. The van der Waals surface area contributed by atoms with Crippen LogP contribution >= 0.6 is 0 Å². The van der Waals surface area contributed by atoms with Gasteiger partial charge in [-0.05, 0) is 30.0 Å². The summed E-state index contributed by atoms with van der Waals surface area (Å²) >= 11 is 0. The zero-order valence-corrected chi connectivity index (χ0v) is 12.0. The highest BCUT2D eigenvalue weighted by atomic mass is 16.5. The van der Waals surface area contributed by atoms with Crippen LogP contribution in [0.3, 0.4) is 0 Å². The molecule has 0 radical (unpaired) electrons. The van der Waals surface area contributed by atoms with Crippen LogP contribution in [0.2, 0.25) is 0 Å². The predicted molar refractivity (Wildman–Crippen MR) is 81.3 cm³/mol. The third kappa shape index (κ3) is 4.23. The molecule has 0 fully saturated rings. The summed E-state index contributed by atoms with van der Waals surface area (Å²) in [6.07, 6.45) is 1.06. The molecule has 2 aromatic rings. The lowest BCUT2D eigenvalue weighted by Crippen LogP contribution is -2.11. The number of carbonyl (C=O) groups excluding carboxylic acids is 1. The minimum Gasteiger partial charge on any atom is -0.485 e. The quantitative estimate of drug-likeness (QED) is 0.736. The van der Waals surface area contributed by atoms with Gasteiger partial charge in [-0.3, -0.25) is 4.79 Å². The molecule has 0 bridgehead atoms. The second-order valence-corrected chi connectivity index (χ2v) is 5.32. The molecule has 0 spiro atoms. The van der Waals surface area contributed by atoms with Gasteiger partial charge in [-0.15, -0.1) is 0 Å². The smallest absolute Gasteiger partial charge is 0.200 e. The number of benzene rings is 2. The molecule has 0 atom stereocenters. The molecule has 0 aromatic heterocycles. The Balaban J connectivity index is 1.89. The zero-order chi connectivity index (χ0) is 14.4. The van der Waals surface area contributed by atoms with E-state index in [0.717, 1.165) is 12.2 Å². The molecule has 0 unspecified atom stereocenters. The fourth-order valence-electron chi connectivity index (χ4n) is 2.05. The van der Waals surface area contributed by atoms with Crippen LogP contribution in [0.4, 0.5) is 0 Å². The van der Waals surface area contributed by atoms with E-state index < -0.39 is 0 Å². The third-order valence-corrected chi connectivity index (χ3v) is 3.03. The third-order valence-electron chi connectivity index (χ3n) is 3.03. The van der Waals surface area contributed by atoms with Gasteiger partial charge in [0.1, 0.15) is 5.75 Å². The van der Waals surface area contributed by atoms with Gasteiger partial charge in [0.2, 0.25) is 0 Å². The maximum Gasteiger partial charge on any atom is 0.200 e. The molecule has 0 amide bonds. The number of ether oxygens (including phenoxy) is 1. The highest BCUT2D eigenvalue weighted by Gasteiger charge is 2.06. The first-order valence-electron chi connectivity index (χ1n) is 6.95. The Kier molecular flexibility index (Phi) is 4.94. The van der Waals surface area contributed by atoms with Crippen LogP contribution < -0.4 is 4.74 Å². The first-order valence-corrected chi connectivity index (χ1v) is 6.95. The summed E-state index contributed by atoms with van der Waals surface area (Å²) in [6, 6.07) is 17.2. The monoisotopic (exact) mass is 268 g/mol. The number of hydrogen-bond donors (Lipinski definition) is 0. The summed E-state index contributed by atoms with van der Waals surface area (Å²) in [7, 11) is 0. The summed E-state index contributed by atoms with van der Waals surface area (Å²) in [4.78, 5) is 11.9. The molecule has 0 aliphatic heterocycles. The van der Waals surface area contributed by atoms with Gasteiger partial charge in [0.15, 0.2) is 12.4 Å². The summed E-state index contributed by atoms with van der Waals surface area (Å²) in [6.45, 7) is 4.47. The number of rotatable bonds is 6. The Labute approximate surface area is 120 Å². The van der Waals surface area contributed by atoms with Crippen molar-refractivity contribution in [2.75, 3.05) is 6.61 Å². The van der Waals surface area contributed by atoms with Gasteiger partial charge in [-0.2, -0.15) is 0 Å². The summed E-state index contributed by atoms with van der Waals surface area (Å²) in [5.41, 5.74) is 1.98. The summed E-state index contributed by atoms with van der Waals surface area (Å²) in [5.74, 6) is 1.38. The van der Waals surface area contributed by atoms with Gasteiger partial charge >= 0.3 is 0 Å². The topological polar surface area (TPSA) is 26.3 Å². The van der Waals surface area contributed by atoms with Crippen molar-refractivity contribution < 1.29 is 9.53 Å². The summed E-state index contributed by atoms with van der Waals surface area (Å²) < 4.78 is 5.53. The second-order valence-electron chi connectivity index (χ2n) is 5.32. The molecule has 2 rings (SSSR count). The maximum atomic E-state index is 11.9. The van der Waals surface area contributed by atoms with E-state index in [0.29, 0.717) is 11.5 Å². The van der Waals surface area contributed by atoms with Crippen molar-refractivity contribution in [1.29, 1.82) is 0 Å². The van der Waals surface area contributed by atoms with Crippen LogP contribution in [-0.4, -0.2) is 12.4 Å². The molecular weight excluding hydrogens is 248 g/mol. The van der Waals surface area contributed by atoms with E-state index in [9.17, 15) is 4.79 Å². The largest absolute Gasteiger partial charge is 0.485 e. The minimum absolute atomic E-state index is 0.00291. The second kappa shape index (κ2) is 6.90. The van der Waals surface area contributed by atoms with E-state index in [1.165, 1.54) is 5.56 Å². The van der Waals surface area contributed by atoms with E-state index in [1.54, 1.807) is 12.1 Å². The molecule has 0 saturated carbocycles. The normalized spacial score (nSPS) is 10.6. The summed E-state index contributed by atoms with van der Waals surface area (Å²) in [5, 5.41) is 0. The molecule has 104 valence electrons. The van der Waals surface area contributed by atoms with Gasteiger partial charge < -0.3 is 4.74 Å². The van der Waals surface area contributed by atoms with E-state index in [2.05, 4.69) is 26.0 Å². The lowest BCUT2D eigenvalue weighted by Gasteiger charge is -2.08. The molecule has 0 N–H and O–H groups in total. The molecule has 2 aromatic carbocycles. The van der Waals surface area contributed by atoms with Gasteiger partial charge in [0.25, 0.3) is 0 Å². The van der Waals surface area contributed by atoms with Crippen molar-refractivity contribution in [3.63, 3.8) is 0 Å². The number of Topliss-reactive ketones (excluding diaryl/α,β-unsaturated/α-hetero) is 1. The van der Waals surface area contributed by atoms with Crippen molar-refractivity contribution in [3.05, 3.63) is 65.7 Å². The molecule has 2 heteroatoms. The van der Waals surface area contributed by atoms with Crippen molar-refractivity contribution >= 4 is 5.78 Å². The van der Waals surface area contributed by atoms with Crippen LogP contribution in [0.1, 0.15) is 29.8 Å². The molecule has 0 heterocycles. The average molecular weight is 268 g/mol. The Bertz CT molecular complexity index is 541. The Morgan fingerprint density at radius 2 is 1.65 bits per heavy atom. The standard InChI is InChI=1S/C18H20O2/c1-14(2)12-15-8-10-17(11-9-15)20-13-18(19)16-6-4-3-5-7-16/h3-11,14H,12-13H2,1-2H3. The lowest BCUT2D eigenvalue weighted by atomic mass is 10.0. The lowest BCUT2D eigenvalue weighted by molar-refractivity contribution is 0.0921. The fraction of sp³-hybridized carbons (Fsp3) is 0.278. The van der Waals surface area contributed by atoms with Crippen LogP contribution in [0, 0.1) is 5.92 Å². The zero-order valence-electron chi connectivity index (χ0n) is 12.0. The van der Waals surface area contributed by atoms with E-state index in [1.807, 2.05) is 30.3 Å². The van der Waals surface area contributed by atoms with Gasteiger partial charge in [0, 0.05) is 5.56 Å². The van der Waals surface area contributed by atoms with E-state index in [4.69, 9.17) is 4.74 Å². The Morgan fingerprint density at radius 1 is 1.00 bits per heavy atom. The maximum absolute atomic E-state index is 11.9. The van der Waals surface area contributed by atoms with Crippen LogP contribution in [-0.2, 0) is 6.42 Å². The molecule has 0 aliphatic rings. The SMILES string of the molecule is CC(C)Cc1ccc(OCC(=O)c2ccccc2)cc1. The first-order chi connectivity index (χ1) is 9.65. The minimum atomic E-state index is -0.00291. The van der Waals surface area contributed by atoms with Crippen molar-refractivity contribution in [1.82, 2.24) is 0 Å². The van der Waals surface area contributed by atoms with Crippen molar-refractivity contribution in [2.45, 2.75) is 20.3 Å². The first kappa shape index (κ1) is 14.3. The van der Waals surface area contributed by atoms with Crippen molar-refractivity contribution in [3.8, 4) is 5.75 Å². The molecule has 20 heavy (non-hydrogen) atoms. The van der Waals surface area contributed by atoms with Gasteiger partial charge in [-0.25, -0.2) is 0 Å². The van der Waals surface area contributed by atoms with Gasteiger partial charge in [-0.1, -0.05) is 56.3 Å². The highest BCUT2D eigenvalue weighted by molar-refractivity contribution is 5.97.